The lowest BCUT2D eigenvalue weighted by molar-refractivity contribution is 0.0625. The molecule has 1 fully saturated rings. The lowest BCUT2D eigenvalue weighted by Gasteiger charge is -2.35. The van der Waals surface area contributed by atoms with Crippen LogP contribution in [0.25, 0.3) is 10.9 Å². The van der Waals surface area contributed by atoms with E-state index in [9.17, 15) is 13.4 Å². The molecular formula is C27H26FN5O3S. The molecule has 1 aliphatic rings. The summed E-state index contributed by atoms with van der Waals surface area (Å²) >= 11 is 0. The SMILES string of the molecule is COc1cc(NS(=O)c2cccc3cccnc23)ccc1C(=O)N1CCN(Cc2cncc(F)c2)CC1. The number of carbonyl (C=O) groups excluding carboxylic acids is 1. The molecule has 1 unspecified atom stereocenters. The van der Waals surface area contributed by atoms with Gasteiger partial charge in [0.1, 0.15) is 11.6 Å². The number of hydrogen-bond donors (Lipinski definition) is 1. The Balaban J connectivity index is 1.25. The van der Waals surface area contributed by atoms with Crippen LogP contribution in [0, 0.1) is 5.82 Å². The third-order valence-corrected chi connectivity index (χ3v) is 7.42. The van der Waals surface area contributed by atoms with Crippen LogP contribution in [0.15, 0.2) is 78.1 Å². The fraction of sp³-hybridized carbons (Fsp3) is 0.222. The first-order valence-corrected chi connectivity index (χ1v) is 13.0. The predicted molar refractivity (Wildman–Crippen MR) is 140 cm³/mol. The normalized spacial score (nSPS) is 14.9. The number of piperazine rings is 1. The van der Waals surface area contributed by atoms with Gasteiger partial charge in [-0.05, 0) is 35.9 Å². The van der Waals surface area contributed by atoms with Crippen molar-refractivity contribution < 1.29 is 18.1 Å². The second kappa shape index (κ2) is 11.0. The molecule has 0 spiro atoms. The van der Waals surface area contributed by atoms with Gasteiger partial charge in [-0.1, -0.05) is 18.2 Å². The zero-order valence-electron chi connectivity index (χ0n) is 20.3. The van der Waals surface area contributed by atoms with Gasteiger partial charge < -0.3 is 14.4 Å². The number of benzene rings is 2. The van der Waals surface area contributed by atoms with E-state index in [1.807, 2.05) is 24.3 Å². The zero-order chi connectivity index (χ0) is 25.8. The minimum atomic E-state index is -1.56. The number of anilines is 1. The molecule has 3 heterocycles. The van der Waals surface area contributed by atoms with E-state index in [0.717, 1.165) is 10.9 Å². The van der Waals surface area contributed by atoms with Gasteiger partial charge in [0.05, 0.1) is 35.0 Å². The molecule has 8 nitrogen and oxygen atoms in total. The topological polar surface area (TPSA) is 87.7 Å². The minimum Gasteiger partial charge on any atom is -0.496 e. The number of para-hydroxylation sites is 1. The van der Waals surface area contributed by atoms with Crippen LogP contribution in [0.5, 0.6) is 5.75 Å². The van der Waals surface area contributed by atoms with Gasteiger partial charge in [-0.3, -0.25) is 19.7 Å². The van der Waals surface area contributed by atoms with Crippen LogP contribution >= 0.6 is 0 Å². The van der Waals surface area contributed by atoms with Crippen LogP contribution in [0.1, 0.15) is 15.9 Å². The molecule has 0 aliphatic carbocycles. The number of fused-ring (bicyclic) bond motifs is 1. The number of methoxy groups -OCH3 is 1. The van der Waals surface area contributed by atoms with Gasteiger partial charge in [0.15, 0.2) is 11.0 Å². The average molecular weight is 520 g/mol. The summed E-state index contributed by atoms with van der Waals surface area (Å²) < 4.78 is 35.0. The number of nitrogens with zero attached hydrogens (tertiary/aromatic N) is 4. The second-order valence-corrected chi connectivity index (χ2v) is 9.88. The van der Waals surface area contributed by atoms with Crippen LogP contribution in [-0.4, -0.2) is 63.2 Å². The van der Waals surface area contributed by atoms with Gasteiger partial charge >= 0.3 is 0 Å². The Morgan fingerprint density at radius 1 is 1.08 bits per heavy atom. The summed E-state index contributed by atoms with van der Waals surface area (Å²) in [5.41, 5.74) is 2.48. The van der Waals surface area contributed by atoms with Gasteiger partial charge in [-0.2, -0.15) is 0 Å². The van der Waals surface area contributed by atoms with E-state index < -0.39 is 11.0 Å². The van der Waals surface area contributed by atoms with Crippen LogP contribution in [-0.2, 0) is 17.5 Å². The van der Waals surface area contributed by atoms with E-state index >= 15 is 0 Å². The van der Waals surface area contributed by atoms with Gasteiger partial charge in [0, 0.05) is 56.6 Å². The molecule has 10 heteroatoms. The Hall–Kier alpha value is -3.89. The van der Waals surface area contributed by atoms with Crippen molar-refractivity contribution in [3.05, 3.63) is 90.1 Å². The molecule has 190 valence electrons. The van der Waals surface area contributed by atoms with Crippen molar-refractivity contribution >= 4 is 33.5 Å². The van der Waals surface area contributed by atoms with Crippen LogP contribution in [0.4, 0.5) is 10.1 Å². The Morgan fingerprint density at radius 2 is 1.89 bits per heavy atom. The van der Waals surface area contributed by atoms with Crippen molar-refractivity contribution in [2.75, 3.05) is 38.0 Å². The lowest BCUT2D eigenvalue weighted by Crippen LogP contribution is -2.48. The molecule has 37 heavy (non-hydrogen) atoms. The third kappa shape index (κ3) is 5.60. The van der Waals surface area contributed by atoms with Crippen molar-refractivity contribution in [1.29, 1.82) is 0 Å². The average Bonchev–Trinajstić information content (AvgIpc) is 2.92. The number of ether oxygens (including phenoxy) is 1. The Bertz CT molecular complexity index is 1450. The van der Waals surface area contributed by atoms with Gasteiger partial charge in [-0.25, -0.2) is 8.60 Å². The van der Waals surface area contributed by atoms with Crippen molar-refractivity contribution in [3.8, 4) is 5.75 Å². The lowest BCUT2D eigenvalue weighted by atomic mass is 10.1. The first kappa shape index (κ1) is 24.8. The summed E-state index contributed by atoms with van der Waals surface area (Å²) in [6.45, 7) is 3.01. The van der Waals surface area contributed by atoms with E-state index in [1.54, 1.807) is 41.6 Å². The van der Waals surface area contributed by atoms with Crippen molar-refractivity contribution in [3.63, 3.8) is 0 Å². The van der Waals surface area contributed by atoms with Crippen molar-refractivity contribution in [2.24, 2.45) is 0 Å². The molecule has 5 rings (SSSR count). The second-order valence-electron chi connectivity index (χ2n) is 8.70. The van der Waals surface area contributed by atoms with Gasteiger partial charge in [0.25, 0.3) is 5.91 Å². The number of hydrogen-bond acceptors (Lipinski definition) is 6. The number of aromatic nitrogens is 2. The van der Waals surface area contributed by atoms with E-state index in [-0.39, 0.29) is 11.7 Å². The molecule has 1 N–H and O–H groups in total. The Kier molecular flexibility index (Phi) is 7.38. The molecule has 1 aliphatic heterocycles. The molecule has 1 amide bonds. The number of amides is 1. The van der Waals surface area contributed by atoms with Crippen LogP contribution < -0.4 is 9.46 Å². The molecule has 0 saturated carbocycles. The number of carbonyl (C=O) groups is 1. The molecule has 4 aromatic rings. The first-order chi connectivity index (χ1) is 18.0. The molecule has 1 saturated heterocycles. The Labute approximate surface area is 216 Å². The highest BCUT2D eigenvalue weighted by molar-refractivity contribution is 7.86. The molecular weight excluding hydrogens is 493 g/mol. The highest BCUT2D eigenvalue weighted by Gasteiger charge is 2.25. The highest BCUT2D eigenvalue weighted by atomic mass is 32.2. The number of halogens is 1. The zero-order valence-corrected chi connectivity index (χ0v) is 21.1. The highest BCUT2D eigenvalue weighted by Crippen LogP contribution is 2.27. The predicted octanol–water partition coefficient (Wildman–Crippen LogP) is 3.87. The minimum absolute atomic E-state index is 0.130. The summed E-state index contributed by atoms with van der Waals surface area (Å²) in [6.07, 6.45) is 4.52. The maximum absolute atomic E-state index is 13.4. The summed E-state index contributed by atoms with van der Waals surface area (Å²) in [4.78, 5) is 26.1. The maximum Gasteiger partial charge on any atom is 0.257 e. The maximum atomic E-state index is 13.4. The summed E-state index contributed by atoms with van der Waals surface area (Å²) in [5, 5.41) is 0.904. The van der Waals surface area contributed by atoms with Gasteiger partial charge in [-0.15, -0.1) is 0 Å². The molecule has 1 atom stereocenters. The summed E-state index contributed by atoms with van der Waals surface area (Å²) in [5.74, 6) is -0.0832. The fourth-order valence-electron chi connectivity index (χ4n) is 4.40. The monoisotopic (exact) mass is 519 g/mol. The van der Waals surface area contributed by atoms with E-state index in [1.165, 1.54) is 19.4 Å². The number of pyridine rings is 2. The van der Waals surface area contributed by atoms with Crippen molar-refractivity contribution in [2.45, 2.75) is 11.4 Å². The van der Waals surface area contributed by atoms with Gasteiger partial charge in [0.2, 0.25) is 0 Å². The largest absolute Gasteiger partial charge is 0.496 e. The van der Waals surface area contributed by atoms with E-state index in [0.29, 0.717) is 60.1 Å². The summed E-state index contributed by atoms with van der Waals surface area (Å²) in [7, 11) is -0.0538. The van der Waals surface area contributed by atoms with Crippen molar-refractivity contribution in [1.82, 2.24) is 19.8 Å². The Morgan fingerprint density at radius 3 is 2.68 bits per heavy atom. The summed E-state index contributed by atoms with van der Waals surface area (Å²) in [6, 6.07) is 15.9. The number of rotatable bonds is 7. The third-order valence-electron chi connectivity index (χ3n) is 6.27. The quantitative estimate of drug-likeness (QED) is 0.399. The number of nitrogens with one attached hydrogen (secondary N) is 1. The smallest absolute Gasteiger partial charge is 0.257 e. The van der Waals surface area contributed by atoms with E-state index in [4.69, 9.17) is 4.74 Å². The molecule has 2 aromatic carbocycles. The first-order valence-electron chi connectivity index (χ1n) is 11.8. The van der Waals surface area contributed by atoms with E-state index in [2.05, 4.69) is 19.6 Å². The van der Waals surface area contributed by atoms with Crippen LogP contribution in [0.2, 0.25) is 0 Å². The molecule has 0 radical (unpaired) electrons. The standard InChI is InChI=1S/C27H26FN5O3S/c1-36-24-15-22(31-37(35)25-6-2-4-20-5-3-9-30-26(20)25)7-8-23(24)27(34)33-12-10-32(11-13-33)18-19-14-21(28)17-29-16-19/h2-9,14-17,31H,10-13,18H2,1H3. The molecule has 2 aromatic heterocycles. The van der Waals surface area contributed by atoms with Crippen LogP contribution in [0.3, 0.4) is 0 Å². The molecule has 0 bridgehead atoms. The fourth-order valence-corrected chi connectivity index (χ4v) is 5.40.